The molecule has 1 heterocycles. The number of hydrogen-bond donors (Lipinski definition) is 0. The van der Waals surface area contributed by atoms with E-state index in [0.717, 1.165) is 0 Å². The Hall–Kier alpha value is -2.64. The van der Waals surface area contributed by atoms with E-state index in [-0.39, 0.29) is 11.3 Å². The fraction of sp³-hybridized carbons (Fsp3) is 0.636. The number of ether oxygens (including phenoxy) is 3. The highest BCUT2D eigenvalue weighted by molar-refractivity contribution is 5.93. The van der Waals surface area contributed by atoms with Crippen molar-refractivity contribution in [1.29, 1.82) is 0 Å². The van der Waals surface area contributed by atoms with Gasteiger partial charge in [0, 0.05) is 16.9 Å². The van der Waals surface area contributed by atoms with Crippen LogP contribution >= 0.6 is 0 Å². The van der Waals surface area contributed by atoms with Crippen LogP contribution in [0.2, 0.25) is 0 Å². The van der Waals surface area contributed by atoms with Gasteiger partial charge in [-0.3, -0.25) is 14.9 Å². The van der Waals surface area contributed by atoms with Crippen LogP contribution in [0.1, 0.15) is 66.1 Å². The maximum atomic E-state index is 13.5. The van der Waals surface area contributed by atoms with E-state index in [4.69, 9.17) is 14.2 Å². The molecule has 2 aliphatic rings. The van der Waals surface area contributed by atoms with Crippen molar-refractivity contribution < 1.29 is 28.7 Å². The first-order chi connectivity index (χ1) is 13.7. The number of esters is 2. The normalized spacial score (nSPS) is 28.0. The molecule has 0 spiro atoms. The van der Waals surface area contributed by atoms with E-state index in [2.05, 4.69) is 0 Å². The molecule has 3 rings (SSSR count). The highest BCUT2D eigenvalue weighted by atomic mass is 16.6. The molecule has 1 aliphatic heterocycles. The second-order valence-electron chi connectivity index (χ2n) is 10.0. The summed E-state index contributed by atoms with van der Waals surface area (Å²) in [5, 5.41) is 11.7. The third kappa shape index (κ3) is 2.87. The first kappa shape index (κ1) is 22.1. The molecule has 0 radical (unpaired) electrons. The van der Waals surface area contributed by atoms with E-state index in [0.29, 0.717) is 18.6 Å². The summed E-state index contributed by atoms with van der Waals surface area (Å²) in [6.07, 6.45) is -0.0669. The van der Waals surface area contributed by atoms with Gasteiger partial charge >= 0.3 is 11.9 Å². The zero-order valence-corrected chi connectivity index (χ0v) is 18.5. The van der Waals surface area contributed by atoms with Crippen molar-refractivity contribution in [1.82, 2.24) is 0 Å². The van der Waals surface area contributed by atoms with Gasteiger partial charge in [0.2, 0.25) is 5.60 Å². The Balaban J connectivity index is 2.06. The molecule has 30 heavy (non-hydrogen) atoms. The van der Waals surface area contributed by atoms with Crippen LogP contribution in [0.15, 0.2) is 18.2 Å². The number of carbonyl (C=O) groups is 2. The van der Waals surface area contributed by atoms with Crippen LogP contribution < -0.4 is 4.74 Å². The quantitative estimate of drug-likeness (QED) is 0.397. The molecule has 1 saturated heterocycles. The number of benzene rings is 1. The van der Waals surface area contributed by atoms with Gasteiger partial charge in [0.25, 0.3) is 5.69 Å². The highest BCUT2D eigenvalue weighted by Gasteiger charge is 2.76. The molecule has 0 amide bonds. The van der Waals surface area contributed by atoms with Gasteiger partial charge in [0.05, 0.1) is 23.0 Å². The number of methoxy groups -OCH3 is 1. The highest BCUT2D eigenvalue weighted by Crippen LogP contribution is 2.66. The van der Waals surface area contributed by atoms with E-state index < -0.39 is 44.8 Å². The van der Waals surface area contributed by atoms with Gasteiger partial charge in [0.1, 0.15) is 11.9 Å². The van der Waals surface area contributed by atoms with Gasteiger partial charge in [-0.1, -0.05) is 34.6 Å². The maximum absolute atomic E-state index is 13.5. The lowest BCUT2D eigenvalue weighted by atomic mass is 9.66. The van der Waals surface area contributed by atoms with Crippen molar-refractivity contribution in [3.8, 4) is 5.75 Å². The van der Waals surface area contributed by atoms with Gasteiger partial charge in [-0.2, -0.15) is 0 Å². The van der Waals surface area contributed by atoms with Gasteiger partial charge in [0.15, 0.2) is 0 Å². The van der Waals surface area contributed by atoms with Crippen molar-refractivity contribution in [2.75, 3.05) is 7.11 Å². The third-order valence-electron chi connectivity index (χ3n) is 7.14. The molecule has 2 bridgehead atoms. The number of nitro benzene ring substituents is 1. The first-order valence-corrected chi connectivity index (χ1v) is 9.98. The number of nitrogens with zero attached hydrogens (tertiary/aromatic N) is 1. The van der Waals surface area contributed by atoms with Crippen LogP contribution in [0.25, 0.3) is 0 Å². The summed E-state index contributed by atoms with van der Waals surface area (Å²) in [7, 11) is 1.46. The molecule has 1 aromatic rings. The minimum atomic E-state index is -1.41. The molecule has 0 aromatic heterocycles. The minimum Gasteiger partial charge on any atom is -0.497 e. The number of hydrogen-bond acceptors (Lipinski definition) is 7. The first-order valence-electron chi connectivity index (χ1n) is 9.98. The summed E-state index contributed by atoms with van der Waals surface area (Å²) in [4.78, 5) is 37.2. The maximum Gasteiger partial charge on any atom is 0.351 e. The zero-order valence-electron chi connectivity index (χ0n) is 18.5. The largest absolute Gasteiger partial charge is 0.497 e. The molecule has 8 nitrogen and oxygen atoms in total. The monoisotopic (exact) mass is 419 g/mol. The Morgan fingerprint density at radius 2 is 1.87 bits per heavy atom. The molecule has 164 valence electrons. The Kier molecular flexibility index (Phi) is 4.91. The molecule has 3 atom stereocenters. The van der Waals surface area contributed by atoms with Crippen LogP contribution in [-0.4, -0.2) is 29.6 Å². The van der Waals surface area contributed by atoms with Crippen molar-refractivity contribution >= 4 is 17.6 Å². The van der Waals surface area contributed by atoms with E-state index in [1.54, 1.807) is 0 Å². The standard InChI is InChI=1S/C22H29NO7/c1-19(2,3)16(14-12-13(28-7)8-9-15(14)23(26)27)29-18(25)22-11-10-21(6,17(24)30-22)20(22,4)5/h8-9,12,16H,10-11H2,1-7H3/t16?,21-,22+/m0/s1. The topological polar surface area (TPSA) is 105 Å². The summed E-state index contributed by atoms with van der Waals surface area (Å²) in [6.45, 7) is 11.0. The summed E-state index contributed by atoms with van der Waals surface area (Å²) < 4.78 is 16.8. The Labute approximate surface area is 176 Å². The van der Waals surface area contributed by atoms with Crippen molar-refractivity contribution in [2.45, 2.75) is 66.1 Å². The second-order valence-corrected chi connectivity index (χ2v) is 10.0. The van der Waals surface area contributed by atoms with Gasteiger partial charge in [-0.25, -0.2) is 4.79 Å². The SMILES string of the molecule is COc1ccc([N+](=O)[O-])c(C(OC(=O)[C@@]23CC[C@@](C)(C(=O)O2)C3(C)C)C(C)(C)C)c1. The van der Waals surface area contributed by atoms with Crippen LogP contribution in [0, 0.1) is 26.4 Å². The molecule has 1 aliphatic carbocycles. The fourth-order valence-corrected chi connectivity index (χ4v) is 4.65. The van der Waals surface area contributed by atoms with Crippen molar-refractivity contribution in [3.63, 3.8) is 0 Å². The summed E-state index contributed by atoms with van der Waals surface area (Å²) in [6, 6.07) is 4.35. The zero-order chi connectivity index (χ0) is 22.7. The van der Waals surface area contributed by atoms with Gasteiger partial charge in [-0.15, -0.1) is 0 Å². The number of rotatable bonds is 5. The molecule has 2 fully saturated rings. The Bertz CT molecular complexity index is 917. The van der Waals surface area contributed by atoms with Crippen LogP contribution in [-0.2, 0) is 19.1 Å². The molecule has 0 N–H and O–H groups in total. The molecular weight excluding hydrogens is 390 g/mol. The fourth-order valence-electron chi connectivity index (χ4n) is 4.65. The van der Waals surface area contributed by atoms with E-state index >= 15 is 0 Å². The molecular formula is C22H29NO7. The van der Waals surface area contributed by atoms with Gasteiger partial charge < -0.3 is 14.2 Å². The average molecular weight is 419 g/mol. The Morgan fingerprint density at radius 3 is 2.30 bits per heavy atom. The number of fused-ring (bicyclic) bond motifs is 2. The molecule has 1 aromatic carbocycles. The lowest BCUT2D eigenvalue weighted by Gasteiger charge is -2.38. The van der Waals surface area contributed by atoms with E-state index in [9.17, 15) is 19.7 Å². The minimum absolute atomic E-state index is 0.167. The van der Waals surface area contributed by atoms with Crippen LogP contribution in [0.3, 0.4) is 0 Å². The number of nitro groups is 1. The Morgan fingerprint density at radius 1 is 1.23 bits per heavy atom. The molecule has 8 heteroatoms. The van der Waals surface area contributed by atoms with Crippen molar-refractivity contribution in [2.24, 2.45) is 16.2 Å². The average Bonchev–Trinajstić information content (AvgIpc) is 2.94. The summed E-state index contributed by atoms with van der Waals surface area (Å²) in [5.41, 5.74) is -3.55. The predicted molar refractivity (Wildman–Crippen MR) is 108 cm³/mol. The summed E-state index contributed by atoms with van der Waals surface area (Å²) in [5.74, 6) is -0.658. The molecule has 1 saturated carbocycles. The lowest BCUT2D eigenvalue weighted by Crippen LogP contribution is -2.49. The summed E-state index contributed by atoms with van der Waals surface area (Å²) >= 11 is 0. The lowest BCUT2D eigenvalue weighted by molar-refractivity contribution is -0.386. The van der Waals surface area contributed by atoms with Crippen LogP contribution in [0.5, 0.6) is 5.75 Å². The van der Waals surface area contributed by atoms with Crippen LogP contribution in [0.4, 0.5) is 5.69 Å². The predicted octanol–water partition coefficient (Wildman–Crippen LogP) is 4.36. The third-order valence-corrected chi connectivity index (χ3v) is 7.14. The van der Waals surface area contributed by atoms with E-state index in [1.807, 2.05) is 41.5 Å². The van der Waals surface area contributed by atoms with Gasteiger partial charge in [-0.05, 0) is 31.9 Å². The smallest absolute Gasteiger partial charge is 0.351 e. The van der Waals surface area contributed by atoms with E-state index in [1.165, 1.54) is 25.3 Å². The molecule has 1 unspecified atom stereocenters. The van der Waals surface area contributed by atoms with Crippen molar-refractivity contribution in [3.05, 3.63) is 33.9 Å². The second kappa shape index (κ2) is 6.68. The number of carbonyl (C=O) groups excluding carboxylic acids is 2.